The molecule has 12 nitrogen and oxygen atoms in total. The van der Waals surface area contributed by atoms with Crippen LogP contribution >= 0.6 is 0 Å². The van der Waals surface area contributed by atoms with E-state index >= 15 is 0 Å². The largest absolute Gasteiger partial charge is 0.600 e. The number of aromatic nitrogens is 4. The molecular weight excluding hydrogens is 521 g/mol. The Balaban J connectivity index is 1.39. The zero-order valence-corrected chi connectivity index (χ0v) is 22.1. The van der Waals surface area contributed by atoms with E-state index in [1.54, 1.807) is 28.8 Å². The van der Waals surface area contributed by atoms with Crippen molar-refractivity contribution in [3.8, 4) is 11.4 Å². The van der Waals surface area contributed by atoms with Crippen molar-refractivity contribution >= 4 is 22.9 Å². The van der Waals surface area contributed by atoms with E-state index in [4.69, 9.17) is 15.3 Å². The Labute approximate surface area is 228 Å². The van der Waals surface area contributed by atoms with Gasteiger partial charge in [-0.1, -0.05) is 12.1 Å². The maximum atomic E-state index is 13.8. The number of rotatable bonds is 8. The number of methoxy groups -OCH3 is 1. The van der Waals surface area contributed by atoms with E-state index in [0.717, 1.165) is 11.6 Å². The highest BCUT2D eigenvalue weighted by Crippen LogP contribution is 2.31. The number of hydrogen-bond donors (Lipinski definition) is 3. The maximum Gasteiger partial charge on any atom is 0.335 e. The van der Waals surface area contributed by atoms with Gasteiger partial charge >= 0.3 is 5.69 Å². The smallest absolute Gasteiger partial charge is 0.335 e. The number of halogens is 1. The van der Waals surface area contributed by atoms with E-state index in [9.17, 15) is 19.2 Å². The Morgan fingerprint density at radius 1 is 1.15 bits per heavy atom. The first-order valence-electron chi connectivity index (χ1n) is 12.8. The molecule has 2 aromatic carbocycles. The van der Waals surface area contributed by atoms with Gasteiger partial charge in [-0.05, 0) is 48.7 Å². The van der Waals surface area contributed by atoms with E-state index < -0.39 is 11.7 Å². The summed E-state index contributed by atoms with van der Waals surface area (Å²) in [6.45, 7) is 0.171. The van der Waals surface area contributed by atoms with Crippen molar-refractivity contribution in [3.63, 3.8) is 0 Å². The van der Waals surface area contributed by atoms with Crippen LogP contribution in [0.4, 0.5) is 10.2 Å². The topological polar surface area (TPSA) is 154 Å². The number of nitrogens with one attached hydrogen (secondary N) is 2. The fourth-order valence-corrected chi connectivity index (χ4v) is 5.27. The van der Waals surface area contributed by atoms with Crippen LogP contribution < -0.4 is 26.7 Å². The average molecular weight is 552 g/mol. The minimum atomic E-state index is -0.542. The summed E-state index contributed by atoms with van der Waals surface area (Å²) in [5, 5.41) is 14.5. The number of benzene rings is 2. The zero-order chi connectivity index (χ0) is 28.4. The molecule has 1 aliphatic carbocycles. The minimum Gasteiger partial charge on any atom is -0.600 e. The van der Waals surface area contributed by atoms with Gasteiger partial charge in [0, 0.05) is 25.4 Å². The van der Waals surface area contributed by atoms with E-state index in [0.29, 0.717) is 42.5 Å². The number of nitrogens with zero attached hydrogens (tertiary/aromatic N) is 4. The Hall–Kier alpha value is -4.33. The summed E-state index contributed by atoms with van der Waals surface area (Å²) in [6, 6.07) is 10.4. The number of hydroxylamine groups is 2. The van der Waals surface area contributed by atoms with Crippen LogP contribution in [0.15, 0.2) is 53.6 Å². The standard InChI is InChI=1S/C27H30FN7O5/c1-39-22-12-5-17(28)13-21(22)26(36)30-14-16-3-6-18(7-4-16)33-23-24(29)31-15-32-25(23)34(27(33)37)19-8-10-20(11-9-19)35(38)40-2/h3-7,12-13,15,19-20,35H,8-11,14H2,1-2H3,(H,30,36)(H2,29,31,32). The predicted molar refractivity (Wildman–Crippen MR) is 144 cm³/mol. The lowest BCUT2D eigenvalue weighted by atomic mass is 9.91. The van der Waals surface area contributed by atoms with Gasteiger partial charge in [0.2, 0.25) is 0 Å². The van der Waals surface area contributed by atoms with Crippen molar-refractivity contribution < 1.29 is 24.0 Å². The summed E-state index contributed by atoms with van der Waals surface area (Å²) in [7, 11) is 2.79. The van der Waals surface area contributed by atoms with Gasteiger partial charge in [-0.3, -0.25) is 13.9 Å². The molecule has 4 aromatic rings. The number of carbonyl (C=O) groups excluding carboxylic acids is 1. The van der Waals surface area contributed by atoms with Crippen LogP contribution in [0.2, 0.25) is 0 Å². The Morgan fingerprint density at radius 2 is 1.88 bits per heavy atom. The van der Waals surface area contributed by atoms with Crippen molar-refractivity contribution in [1.29, 1.82) is 0 Å². The molecule has 1 amide bonds. The number of fused-ring (bicyclic) bond motifs is 1. The molecule has 1 aliphatic rings. The van der Waals surface area contributed by atoms with Crippen molar-refractivity contribution in [2.45, 2.75) is 44.3 Å². The van der Waals surface area contributed by atoms with Gasteiger partial charge in [0.1, 0.15) is 29.5 Å². The molecule has 0 aliphatic heterocycles. The molecule has 5 rings (SSSR count). The molecule has 1 saturated carbocycles. The Morgan fingerprint density at radius 3 is 2.55 bits per heavy atom. The lowest BCUT2D eigenvalue weighted by Crippen LogP contribution is -3.10. The normalized spacial score (nSPS) is 18.0. The third-order valence-electron chi connectivity index (χ3n) is 7.33. The highest BCUT2D eigenvalue weighted by atomic mass is 19.1. The first-order valence-corrected chi connectivity index (χ1v) is 12.8. The van der Waals surface area contributed by atoms with Crippen LogP contribution in [0.3, 0.4) is 0 Å². The number of carbonyl (C=O) groups is 1. The lowest BCUT2D eigenvalue weighted by molar-refractivity contribution is -1.07. The number of quaternary nitrogens is 1. The highest BCUT2D eigenvalue weighted by molar-refractivity contribution is 5.96. The molecule has 0 saturated heterocycles. The molecular formula is C27H30FN7O5. The van der Waals surface area contributed by atoms with Crippen LogP contribution in [0, 0.1) is 11.0 Å². The molecule has 0 spiro atoms. The Kier molecular flexibility index (Phi) is 7.78. The first kappa shape index (κ1) is 27.2. The van der Waals surface area contributed by atoms with Crippen LogP contribution in [-0.2, 0) is 11.4 Å². The second kappa shape index (κ2) is 11.4. The molecule has 1 unspecified atom stereocenters. The lowest BCUT2D eigenvalue weighted by Gasteiger charge is -2.33. The second-order valence-electron chi connectivity index (χ2n) is 9.64. The van der Waals surface area contributed by atoms with Gasteiger partial charge < -0.3 is 21.0 Å². The summed E-state index contributed by atoms with van der Waals surface area (Å²) in [6.07, 6.45) is 3.80. The molecule has 4 N–H and O–H groups in total. The van der Waals surface area contributed by atoms with Gasteiger partial charge in [-0.15, -0.1) is 0 Å². The molecule has 210 valence electrons. The fourth-order valence-electron chi connectivity index (χ4n) is 5.27. The number of anilines is 1. The van der Waals surface area contributed by atoms with E-state index in [2.05, 4.69) is 15.3 Å². The predicted octanol–water partition coefficient (Wildman–Crippen LogP) is 1.67. The quantitative estimate of drug-likeness (QED) is 0.280. The Bertz CT molecular complexity index is 1580. The summed E-state index contributed by atoms with van der Waals surface area (Å²) in [5.41, 5.74) is 8.16. The fraction of sp³-hybridized carbons (Fsp3) is 0.333. The molecule has 2 heterocycles. The molecule has 1 fully saturated rings. The van der Waals surface area contributed by atoms with E-state index in [1.807, 2.05) is 0 Å². The van der Waals surface area contributed by atoms with Crippen LogP contribution in [0.5, 0.6) is 5.75 Å². The van der Waals surface area contributed by atoms with Gasteiger partial charge in [0.15, 0.2) is 11.5 Å². The molecule has 0 radical (unpaired) electrons. The van der Waals surface area contributed by atoms with Crippen molar-refractivity contribution in [2.75, 3.05) is 20.0 Å². The molecule has 0 bridgehead atoms. The van der Waals surface area contributed by atoms with Crippen molar-refractivity contribution in [2.24, 2.45) is 0 Å². The third-order valence-corrected chi connectivity index (χ3v) is 7.33. The van der Waals surface area contributed by atoms with Crippen molar-refractivity contribution in [3.05, 3.63) is 81.4 Å². The van der Waals surface area contributed by atoms with Crippen LogP contribution in [-0.4, -0.2) is 45.3 Å². The summed E-state index contributed by atoms with van der Waals surface area (Å²) < 4.78 is 21.9. The summed E-state index contributed by atoms with van der Waals surface area (Å²) in [5.74, 6) is -0.584. The molecule has 2 aromatic heterocycles. The van der Waals surface area contributed by atoms with Gasteiger partial charge in [-0.25, -0.2) is 29.2 Å². The van der Waals surface area contributed by atoms with Crippen molar-refractivity contribution in [1.82, 2.24) is 24.4 Å². The molecule has 40 heavy (non-hydrogen) atoms. The zero-order valence-electron chi connectivity index (χ0n) is 22.1. The molecule has 13 heteroatoms. The monoisotopic (exact) mass is 551 g/mol. The first-order chi connectivity index (χ1) is 19.3. The summed E-state index contributed by atoms with van der Waals surface area (Å²) in [4.78, 5) is 39.8. The number of amides is 1. The third kappa shape index (κ3) is 5.13. The van der Waals surface area contributed by atoms with E-state index in [-0.39, 0.29) is 46.7 Å². The average Bonchev–Trinajstić information content (AvgIpc) is 3.28. The minimum absolute atomic E-state index is 0.0922. The number of imidazole rings is 1. The van der Waals surface area contributed by atoms with Gasteiger partial charge in [0.05, 0.1) is 25.5 Å². The van der Waals surface area contributed by atoms with Crippen LogP contribution in [0.1, 0.15) is 47.6 Å². The number of nitrogen functional groups attached to an aromatic ring is 1. The summed E-state index contributed by atoms with van der Waals surface area (Å²) >= 11 is 0. The highest BCUT2D eigenvalue weighted by Gasteiger charge is 2.31. The van der Waals surface area contributed by atoms with Crippen LogP contribution in [0.25, 0.3) is 16.9 Å². The number of hydrogen-bond acceptors (Lipinski definition) is 8. The second-order valence-corrected chi connectivity index (χ2v) is 9.64. The maximum absolute atomic E-state index is 13.8. The van der Waals surface area contributed by atoms with E-state index in [1.165, 1.54) is 37.2 Å². The molecule has 1 atom stereocenters. The number of ether oxygens (including phenoxy) is 1. The van der Waals surface area contributed by atoms with Gasteiger partial charge in [0.25, 0.3) is 5.91 Å². The number of nitrogens with two attached hydrogens (primary N) is 1. The van der Waals surface area contributed by atoms with Gasteiger partial charge in [-0.2, -0.15) is 0 Å². The SMILES string of the molecule is COc1ccc(F)cc1C(=O)NCc1ccc(-n2c(=O)n(C3CCC([NH+]([O-])OC)CC3)c3ncnc(N)c32)cc1.